The minimum Gasteiger partial charge on any atom is -0.496 e. The van der Waals surface area contributed by atoms with Gasteiger partial charge in [0.15, 0.2) is 5.69 Å². The van der Waals surface area contributed by atoms with Crippen molar-refractivity contribution in [1.82, 2.24) is 15.2 Å². The number of amides is 1. The van der Waals surface area contributed by atoms with E-state index >= 15 is 0 Å². The van der Waals surface area contributed by atoms with E-state index < -0.39 is 11.5 Å². The van der Waals surface area contributed by atoms with Gasteiger partial charge in [-0.3, -0.25) is 9.59 Å². The Balaban J connectivity index is 1.98. The van der Waals surface area contributed by atoms with Crippen LogP contribution in [-0.4, -0.2) is 29.0 Å². The van der Waals surface area contributed by atoms with E-state index in [-0.39, 0.29) is 16.8 Å². The van der Waals surface area contributed by atoms with Crippen molar-refractivity contribution in [3.8, 4) is 17.5 Å². The summed E-state index contributed by atoms with van der Waals surface area (Å²) in [7, 11) is 1.54. The highest BCUT2D eigenvalue weighted by Gasteiger charge is 2.20. The molecule has 0 fully saturated rings. The molecule has 8 nitrogen and oxygen atoms in total. The third-order valence-corrected chi connectivity index (χ3v) is 4.42. The van der Waals surface area contributed by atoms with Gasteiger partial charge in [0.25, 0.3) is 11.5 Å². The lowest BCUT2D eigenvalue weighted by Gasteiger charge is -2.11. The van der Waals surface area contributed by atoms with E-state index in [1.165, 1.54) is 20.2 Å². The Morgan fingerprint density at radius 2 is 2.00 bits per heavy atom. The summed E-state index contributed by atoms with van der Waals surface area (Å²) in [5, 5.41) is 17.6. The number of hydrogen-bond acceptors (Lipinski definition) is 6. The van der Waals surface area contributed by atoms with Crippen LogP contribution in [0.3, 0.4) is 0 Å². The standard InChI is InChI=1S/C22H19N5O3/c1-14-7-6-9-17(11-14)27-22(29)18(12-23)15(2)20(26-27)21(28)25-24-13-16-8-4-5-10-19(16)30-3/h4-11,13H,1-3H3,(H,25,28)/b24-13+. The predicted octanol–water partition coefficient (Wildman–Crippen LogP) is 2.49. The van der Waals surface area contributed by atoms with Crippen LogP contribution in [0.15, 0.2) is 58.4 Å². The van der Waals surface area contributed by atoms with Gasteiger partial charge in [0.1, 0.15) is 17.4 Å². The number of carbonyl (C=O) groups is 1. The zero-order valence-electron chi connectivity index (χ0n) is 16.7. The third kappa shape index (κ3) is 4.10. The van der Waals surface area contributed by atoms with Gasteiger partial charge in [0.05, 0.1) is 19.0 Å². The molecule has 0 saturated carbocycles. The van der Waals surface area contributed by atoms with Crippen LogP contribution in [0.4, 0.5) is 0 Å². The fraction of sp³-hybridized carbons (Fsp3) is 0.136. The second-order valence-electron chi connectivity index (χ2n) is 6.46. The van der Waals surface area contributed by atoms with E-state index in [4.69, 9.17) is 4.74 Å². The molecule has 1 amide bonds. The molecule has 1 heterocycles. The topological polar surface area (TPSA) is 109 Å². The number of benzene rings is 2. The lowest BCUT2D eigenvalue weighted by Crippen LogP contribution is -2.31. The van der Waals surface area contributed by atoms with Crippen LogP contribution in [0.25, 0.3) is 5.69 Å². The number of aromatic nitrogens is 2. The number of nitrogens with zero attached hydrogens (tertiary/aromatic N) is 4. The molecular weight excluding hydrogens is 382 g/mol. The maximum absolute atomic E-state index is 12.7. The van der Waals surface area contributed by atoms with Gasteiger partial charge in [0.2, 0.25) is 0 Å². The summed E-state index contributed by atoms with van der Waals surface area (Å²) in [5.74, 6) is -0.0406. The summed E-state index contributed by atoms with van der Waals surface area (Å²) in [6, 6.07) is 16.1. The molecule has 0 atom stereocenters. The van der Waals surface area contributed by atoms with Crippen molar-refractivity contribution in [3.63, 3.8) is 0 Å². The van der Waals surface area contributed by atoms with Gasteiger partial charge in [-0.05, 0) is 43.7 Å². The Hall–Kier alpha value is -4.25. The summed E-state index contributed by atoms with van der Waals surface area (Å²) in [6.07, 6.45) is 1.44. The number of carbonyl (C=O) groups excluding carboxylic acids is 1. The maximum atomic E-state index is 12.7. The fourth-order valence-corrected chi connectivity index (χ4v) is 2.87. The van der Waals surface area contributed by atoms with Gasteiger partial charge in [-0.2, -0.15) is 20.1 Å². The van der Waals surface area contributed by atoms with Gasteiger partial charge >= 0.3 is 0 Å². The molecule has 1 N–H and O–H groups in total. The second kappa shape index (κ2) is 8.84. The van der Waals surface area contributed by atoms with Crippen LogP contribution in [0, 0.1) is 25.2 Å². The summed E-state index contributed by atoms with van der Waals surface area (Å²) in [5.41, 5.74) is 3.82. The van der Waals surface area contributed by atoms with E-state index in [0.29, 0.717) is 17.0 Å². The van der Waals surface area contributed by atoms with Crippen LogP contribution in [0.1, 0.15) is 32.7 Å². The van der Waals surface area contributed by atoms with Crippen LogP contribution < -0.4 is 15.7 Å². The number of hydrogen-bond donors (Lipinski definition) is 1. The van der Waals surface area contributed by atoms with Crippen molar-refractivity contribution in [3.05, 3.63) is 86.8 Å². The fourth-order valence-electron chi connectivity index (χ4n) is 2.87. The summed E-state index contributed by atoms with van der Waals surface area (Å²) < 4.78 is 6.29. The first-order valence-electron chi connectivity index (χ1n) is 9.03. The first-order valence-corrected chi connectivity index (χ1v) is 9.03. The number of para-hydroxylation sites is 1. The number of hydrazone groups is 1. The van der Waals surface area contributed by atoms with E-state index in [1.807, 2.05) is 31.2 Å². The molecule has 3 aromatic rings. The normalized spacial score (nSPS) is 10.6. The van der Waals surface area contributed by atoms with Gasteiger partial charge in [-0.15, -0.1) is 0 Å². The zero-order chi connectivity index (χ0) is 21.7. The smallest absolute Gasteiger partial charge is 0.292 e. The van der Waals surface area contributed by atoms with E-state index in [9.17, 15) is 14.9 Å². The van der Waals surface area contributed by atoms with Crippen molar-refractivity contribution >= 4 is 12.1 Å². The molecule has 0 aliphatic carbocycles. The number of aryl methyl sites for hydroxylation is 1. The van der Waals surface area contributed by atoms with Crippen LogP contribution >= 0.6 is 0 Å². The van der Waals surface area contributed by atoms with E-state index in [2.05, 4.69) is 15.6 Å². The van der Waals surface area contributed by atoms with E-state index in [1.54, 1.807) is 30.3 Å². The third-order valence-electron chi connectivity index (χ3n) is 4.42. The molecule has 0 radical (unpaired) electrons. The largest absolute Gasteiger partial charge is 0.496 e. The number of ether oxygens (including phenoxy) is 1. The number of nitrogens with one attached hydrogen (secondary N) is 1. The minimum absolute atomic E-state index is 0.0650. The Bertz CT molecular complexity index is 1240. The zero-order valence-corrected chi connectivity index (χ0v) is 16.7. The molecule has 0 saturated heterocycles. The minimum atomic E-state index is -0.642. The second-order valence-corrected chi connectivity index (χ2v) is 6.46. The average Bonchev–Trinajstić information content (AvgIpc) is 2.74. The maximum Gasteiger partial charge on any atom is 0.292 e. The van der Waals surface area contributed by atoms with Crippen molar-refractivity contribution < 1.29 is 9.53 Å². The summed E-state index contributed by atoms with van der Waals surface area (Å²) in [6.45, 7) is 3.38. The lowest BCUT2D eigenvalue weighted by atomic mass is 10.1. The SMILES string of the molecule is COc1ccccc1/C=N/NC(=O)c1nn(-c2cccc(C)c2)c(=O)c(C#N)c1C. The molecule has 0 aliphatic rings. The Labute approximate surface area is 173 Å². The van der Waals surface area contributed by atoms with Gasteiger partial charge in [-0.25, -0.2) is 5.43 Å². The molecule has 3 rings (SSSR count). The molecule has 30 heavy (non-hydrogen) atoms. The Kier molecular flexibility index (Phi) is 6.03. The molecule has 0 aliphatic heterocycles. The molecule has 8 heteroatoms. The van der Waals surface area contributed by atoms with Gasteiger partial charge < -0.3 is 4.74 Å². The number of rotatable bonds is 5. The van der Waals surface area contributed by atoms with Crippen LogP contribution in [-0.2, 0) is 0 Å². The highest BCUT2D eigenvalue weighted by atomic mass is 16.5. The predicted molar refractivity (Wildman–Crippen MR) is 112 cm³/mol. The molecule has 150 valence electrons. The highest BCUT2D eigenvalue weighted by Crippen LogP contribution is 2.15. The molecule has 0 unspecified atom stereocenters. The quantitative estimate of drug-likeness (QED) is 0.522. The molecule has 0 spiro atoms. The van der Waals surface area contributed by atoms with Gasteiger partial charge in [-0.1, -0.05) is 24.3 Å². The monoisotopic (exact) mass is 401 g/mol. The van der Waals surface area contributed by atoms with Crippen LogP contribution in [0.5, 0.6) is 5.75 Å². The van der Waals surface area contributed by atoms with Crippen molar-refractivity contribution in [2.75, 3.05) is 7.11 Å². The molecular formula is C22H19N5O3. The number of nitriles is 1. The lowest BCUT2D eigenvalue weighted by molar-refractivity contribution is 0.0947. The summed E-state index contributed by atoms with van der Waals surface area (Å²) in [4.78, 5) is 25.4. The first-order chi connectivity index (χ1) is 14.5. The van der Waals surface area contributed by atoms with Crippen molar-refractivity contribution in [2.45, 2.75) is 13.8 Å². The van der Waals surface area contributed by atoms with Crippen molar-refractivity contribution in [1.29, 1.82) is 5.26 Å². The first kappa shape index (κ1) is 20.5. The molecule has 1 aromatic heterocycles. The van der Waals surface area contributed by atoms with Gasteiger partial charge in [0, 0.05) is 11.1 Å². The highest BCUT2D eigenvalue weighted by molar-refractivity contribution is 5.95. The van der Waals surface area contributed by atoms with E-state index in [0.717, 1.165) is 10.2 Å². The molecule has 2 aromatic carbocycles. The summed E-state index contributed by atoms with van der Waals surface area (Å²) >= 11 is 0. The number of methoxy groups -OCH3 is 1. The Morgan fingerprint density at radius 3 is 2.70 bits per heavy atom. The average molecular weight is 401 g/mol. The molecule has 0 bridgehead atoms. The van der Waals surface area contributed by atoms with Crippen molar-refractivity contribution in [2.24, 2.45) is 5.10 Å². The Morgan fingerprint density at radius 1 is 1.23 bits per heavy atom. The van der Waals surface area contributed by atoms with Crippen LogP contribution in [0.2, 0.25) is 0 Å².